The number of carbonyl (C=O) groups is 1. The normalized spacial score (nSPS) is 22.7. The molecule has 3 rings (SSSR count). The van der Waals surface area contributed by atoms with E-state index in [-0.39, 0.29) is 11.9 Å². The number of hydrogen-bond donors (Lipinski definition) is 1. The molecule has 1 aromatic rings. The van der Waals surface area contributed by atoms with Crippen LogP contribution >= 0.6 is 0 Å². The van der Waals surface area contributed by atoms with Crippen LogP contribution in [0.5, 0.6) is 0 Å². The molecule has 1 amide bonds. The monoisotopic (exact) mass is 332 g/mol. The van der Waals surface area contributed by atoms with Crippen LogP contribution in [0.2, 0.25) is 0 Å². The van der Waals surface area contributed by atoms with Gasteiger partial charge in [-0.1, -0.05) is 12.1 Å². The average molecular weight is 332 g/mol. The van der Waals surface area contributed by atoms with Gasteiger partial charge in [-0.05, 0) is 43.4 Å². The van der Waals surface area contributed by atoms with Gasteiger partial charge in [-0.25, -0.2) is 0 Å². The Kier molecular flexibility index (Phi) is 5.87. The Morgan fingerprint density at radius 3 is 2.83 bits per heavy atom. The van der Waals surface area contributed by atoms with Gasteiger partial charge in [0.15, 0.2) is 0 Å². The summed E-state index contributed by atoms with van der Waals surface area (Å²) < 4.78 is 10.8. The largest absolute Gasteiger partial charge is 0.381 e. The standard InChI is InChI=1S/C19H28N2O3/c1-14-3-4-15(12-21-8-5-17(13-21)23-2)11-18(14)19(22)20-16-6-9-24-10-7-16/h3-4,11,16-17H,5-10,12-13H2,1-2H3,(H,20,22)/t17-/m0/s1. The molecular weight excluding hydrogens is 304 g/mol. The lowest BCUT2D eigenvalue weighted by atomic mass is 10.0. The highest BCUT2D eigenvalue weighted by atomic mass is 16.5. The van der Waals surface area contributed by atoms with Gasteiger partial charge in [0.25, 0.3) is 5.91 Å². The van der Waals surface area contributed by atoms with E-state index in [0.29, 0.717) is 6.10 Å². The summed E-state index contributed by atoms with van der Waals surface area (Å²) in [5.74, 6) is 0.0393. The minimum absolute atomic E-state index is 0.0393. The number of likely N-dealkylation sites (tertiary alicyclic amines) is 1. The van der Waals surface area contributed by atoms with Crippen molar-refractivity contribution in [2.75, 3.05) is 33.4 Å². The summed E-state index contributed by atoms with van der Waals surface area (Å²) in [5.41, 5.74) is 3.01. The Morgan fingerprint density at radius 2 is 2.12 bits per heavy atom. The zero-order chi connectivity index (χ0) is 16.9. The van der Waals surface area contributed by atoms with Gasteiger partial charge < -0.3 is 14.8 Å². The van der Waals surface area contributed by atoms with Crippen LogP contribution in [0, 0.1) is 6.92 Å². The lowest BCUT2D eigenvalue weighted by molar-refractivity contribution is 0.0696. The maximum Gasteiger partial charge on any atom is 0.251 e. The first-order valence-electron chi connectivity index (χ1n) is 8.89. The van der Waals surface area contributed by atoms with Gasteiger partial charge in [-0.15, -0.1) is 0 Å². The Labute approximate surface area is 144 Å². The van der Waals surface area contributed by atoms with E-state index >= 15 is 0 Å². The van der Waals surface area contributed by atoms with Crippen molar-refractivity contribution in [2.24, 2.45) is 0 Å². The fraction of sp³-hybridized carbons (Fsp3) is 0.632. The molecule has 2 aliphatic heterocycles. The molecule has 1 aromatic carbocycles. The Morgan fingerprint density at radius 1 is 1.33 bits per heavy atom. The number of aryl methyl sites for hydroxylation is 1. The third-order valence-electron chi connectivity index (χ3n) is 5.07. The second-order valence-electron chi connectivity index (χ2n) is 6.89. The van der Waals surface area contributed by atoms with Gasteiger partial charge in [0, 0.05) is 51.6 Å². The summed E-state index contributed by atoms with van der Waals surface area (Å²) in [6, 6.07) is 6.46. The number of benzene rings is 1. The number of amides is 1. The highest BCUT2D eigenvalue weighted by molar-refractivity contribution is 5.96. The quantitative estimate of drug-likeness (QED) is 0.897. The van der Waals surface area contributed by atoms with Crippen molar-refractivity contribution in [1.29, 1.82) is 0 Å². The van der Waals surface area contributed by atoms with Crippen LogP contribution in [-0.2, 0) is 16.0 Å². The highest BCUT2D eigenvalue weighted by Crippen LogP contribution is 2.18. The zero-order valence-corrected chi connectivity index (χ0v) is 14.7. The van der Waals surface area contributed by atoms with Crippen LogP contribution < -0.4 is 5.32 Å². The van der Waals surface area contributed by atoms with Crippen LogP contribution in [0.4, 0.5) is 0 Å². The molecule has 2 aliphatic rings. The number of carbonyl (C=O) groups excluding carboxylic acids is 1. The Hall–Kier alpha value is -1.43. The lowest BCUT2D eigenvalue weighted by Gasteiger charge is -2.23. The second-order valence-corrected chi connectivity index (χ2v) is 6.89. The van der Waals surface area contributed by atoms with E-state index < -0.39 is 0 Å². The summed E-state index contributed by atoms with van der Waals surface area (Å²) >= 11 is 0. The predicted octanol–water partition coefficient (Wildman–Crippen LogP) is 2.12. The molecule has 132 valence electrons. The van der Waals surface area contributed by atoms with Gasteiger partial charge in [0.2, 0.25) is 0 Å². The predicted molar refractivity (Wildman–Crippen MR) is 93.2 cm³/mol. The van der Waals surface area contributed by atoms with Gasteiger partial charge >= 0.3 is 0 Å². The molecule has 0 unspecified atom stereocenters. The maximum atomic E-state index is 12.6. The van der Waals surface area contributed by atoms with Gasteiger partial charge in [-0.2, -0.15) is 0 Å². The number of hydrogen-bond acceptors (Lipinski definition) is 4. The van der Waals surface area contributed by atoms with Crippen molar-refractivity contribution < 1.29 is 14.3 Å². The first kappa shape index (κ1) is 17.4. The SMILES string of the molecule is CO[C@H]1CCN(Cc2ccc(C)c(C(=O)NC3CCOCC3)c2)C1. The number of nitrogens with one attached hydrogen (secondary N) is 1. The topological polar surface area (TPSA) is 50.8 Å². The fourth-order valence-electron chi connectivity index (χ4n) is 3.51. The lowest BCUT2D eigenvalue weighted by Crippen LogP contribution is -2.39. The molecule has 24 heavy (non-hydrogen) atoms. The zero-order valence-electron chi connectivity index (χ0n) is 14.7. The van der Waals surface area contributed by atoms with E-state index in [9.17, 15) is 4.79 Å². The van der Waals surface area contributed by atoms with Crippen molar-refractivity contribution in [3.8, 4) is 0 Å². The molecule has 5 nitrogen and oxygen atoms in total. The summed E-state index contributed by atoms with van der Waals surface area (Å²) in [7, 11) is 1.78. The molecule has 0 radical (unpaired) electrons. The van der Waals surface area contributed by atoms with Crippen LogP contribution in [0.3, 0.4) is 0 Å². The molecule has 0 aliphatic carbocycles. The van der Waals surface area contributed by atoms with E-state index in [1.54, 1.807) is 7.11 Å². The van der Waals surface area contributed by atoms with Crippen molar-refractivity contribution in [3.05, 3.63) is 34.9 Å². The second kappa shape index (κ2) is 8.10. The molecule has 2 heterocycles. The Balaban J connectivity index is 1.63. The first-order valence-corrected chi connectivity index (χ1v) is 8.89. The maximum absolute atomic E-state index is 12.6. The number of ether oxygens (including phenoxy) is 2. The molecule has 0 bridgehead atoms. The molecule has 0 aromatic heterocycles. The molecule has 2 fully saturated rings. The summed E-state index contributed by atoms with van der Waals surface area (Å²) in [5, 5.41) is 3.16. The number of methoxy groups -OCH3 is 1. The third-order valence-corrected chi connectivity index (χ3v) is 5.07. The van der Waals surface area contributed by atoms with Crippen LogP contribution in [-0.4, -0.2) is 56.4 Å². The van der Waals surface area contributed by atoms with Gasteiger partial charge in [-0.3, -0.25) is 9.69 Å². The summed E-state index contributed by atoms with van der Waals surface area (Å²) in [4.78, 5) is 15.0. The molecule has 1 atom stereocenters. The van der Waals surface area contributed by atoms with Gasteiger partial charge in [0.05, 0.1) is 6.10 Å². The van der Waals surface area contributed by atoms with E-state index in [2.05, 4.69) is 22.3 Å². The van der Waals surface area contributed by atoms with Crippen LogP contribution in [0.25, 0.3) is 0 Å². The molecule has 2 saturated heterocycles. The molecular formula is C19H28N2O3. The van der Waals surface area contributed by atoms with E-state index in [1.807, 2.05) is 13.0 Å². The van der Waals surface area contributed by atoms with Gasteiger partial charge in [0.1, 0.15) is 0 Å². The smallest absolute Gasteiger partial charge is 0.251 e. The van der Waals surface area contributed by atoms with E-state index in [1.165, 1.54) is 5.56 Å². The van der Waals surface area contributed by atoms with Crippen molar-refractivity contribution in [2.45, 2.75) is 44.9 Å². The molecule has 0 saturated carbocycles. The molecule has 1 N–H and O–H groups in total. The number of rotatable bonds is 5. The van der Waals surface area contributed by atoms with E-state index in [4.69, 9.17) is 9.47 Å². The highest BCUT2D eigenvalue weighted by Gasteiger charge is 2.23. The average Bonchev–Trinajstić information content (AvgIpc) is 3.05. The minimum Gasteiger partial charge on any atom is -0.381 e. The van der Waals surface area contributed by atoms with Crippen molar-refractivity contribution in [1.82, 2.24) is 10.2 Å². The summed E-state index contributed by atoms with van der Waals surface area (Å²) in [6.45, 7) is 6.36. The summed E-state index contributed by atoms with van der Waals surface area (Å²) in [6.07, 6.45) is 3.22. The van der Waals surface area contributed by atoms with E-state index in [0.717, 1.165) is 63.2 Å². The molecule has 0 spiro atoms. The first-order chi connectivity index (χ1) is 11.7. The van der Waals surface area contributed by atoms with Crippen molar-refractivity contribution in [3.63, 3.8) is 0 Å². The fourth-order valence-corrected chi connectivity index (χ4v) is 3.51. The third kappa shape index (κ3) is 4.35. The van der Waals surface area contributed by atoms with Crippen LogP contribution in [0.1, 0.15) is 40.7 Å². The van der Waals surface area contributed by atoms with Crippen molar-refractivity contribution >= 4 is 5.91 Å². The van der Waals surface area contributed by atoms with Crippen LogP contribution in [0.15, 0.2) is 18.2 Å². The number of nitrogens with zero attached hydrogens (tertiary/aromatic N) is 1. The Bertz CT molecular complexity index is 570. The molecule has 5 heteroatoms. The minimum atomic E-state index is 0.0393.